The lowest BCUT2D eigenvalue weighted by molar-refractivity contribution is 1.27. The molecule has 3 rings (SSSR count). The minimum Gasteiger partial charge on any atom is -0.0622 e. The Hall–Kier alpha value is -2.34. The second-order valence-corrected chi connectivity index (χ2v) is 5.63. The lowest BCUT2D eigenvalue weighted by Gasteiger charge is -2.12. The van der Waals surface area contributed by atoms with E-state index in [1.54, 1.807) is 0 Å². The monoisotopic (exact) mass is 272 g/mol. The summed E-state index contributed by atoms with van der Waals surface area (Å²) in [5, 5.41) is 0. The maximum Gasteiger partial charge on any atom is -0.0152 e. The van der Waals surface area contributed by atoms with Gasteiger partial charge in [-0.1, -0.05) is 60.7 Å². The molecule has 3 aromatic carbocycles. The molecule has 0 fully saturated rings. The van der Waals surface area contributed by atoms with Gasteiger partial charge in [-0.25, -0.2) is 0 Å². The van der Waals surface area contributed by atoms with Crippen LogP contribution in [0.2, 0.25) is 0 Å². The summed E-state index contributed by atoms with van der Waals surface area (Å²) in [6, 6.07) is 23.8. The maximum atomic E-state index is 2.28. The Morgan fingerprint density at radius 2 is 1.19 bits per heavy atom. The molecule has 0 nitrogen and oxygen atoms in total. The summed E-state index contributed by atoms with van der Waals surface area (Å²) < 4.78 is 0. The Kier molecular flexibility index (Phi) is 3.62. The molecule has 0 N–H and O–H groups in total. The Bertz CT molecular complexity index is 767. The fourth-order valence-electron chi connectivity index (χ4n) is 2.77. The van der Waals surface area contributed by atoms with Gasteiger partial charge in [0.1, 0.15) is 0 Å². The average Bonchev–Trinajstić information content (AvgIpc) is 2.54. The number of hydrogen-bond acceptors (Lipinski definition) is 0. The summed E-state index contributed by atoms with van der Waals surface area (Å²) in [7, 11) is 0. The Balaban J connectivity index is 2.11. The van der Waals surface area contributed by atoms with Crippen molar-refractivity contribution in [3.63, 3.8) is 0 Å². The van der Waals surface area contributed by atoms with Crippen LogP contribution in [0.4, 0.5) is 0 Å². The molecule has 0 atom stereocenters. The van der Waals surface area contributed by atoms with Crippen LogP contribution in [0.3, 0.4) is 0 Å². The van der Waals surface area contributed by atoms with E-state index < -0.39 is 0 Å². The first-order valence-electron chi connectivity index (χ1n) is 7.39. The quantitative estimate of drug-likeness (QED) is 0.541. The molecule has 0 aromatic heterocycles. The van der Waals surface area contributed by atoms with E-state index in [0.717, 1.165) is 0 Å². The molecule has 3 aromatic rings. The highest BCUT2D eigenvalue weighted by atomic mass is 14.1. The van der Waals surface area contributed by atoms with Gasteiger partial charge in [0.05, 0.1) is 0 Å². The largest absolute Gasteiger partial charge is 0.0622 e. The summed E-state index contributed by atoms with van der Waals surface area (Å²) in [5.74, 6) is 0. The summed E-state index contributed by atoms with van der Waals surface area (Å²) in [6.07, 6.45) is 0. The summed E-state index contributed by atoms with van der Waals surface area (Å²) in [5.41, 5.74) is 9.27. The van der Waals surface area contributed by atoms with E-state index in [9.17, 15) is 0 Å². The van der Waals surface area contributed by atoms with Gasteiger partial charge in [0.2, 0.25) is 0 Å². The number of aryl methyl sites for hydroxylation is 1. The molecule has 0 radical (unpaired) electrons. The summed E-state index contributed by atoms with van der Waals surface area (Å²) in [6.45, 7) is 6.59. The van der Waals surface area contributed by atoms with Crippen LogP contribution in [0.25, 0.3) is 22.3 Å². The lowest BCUT2D eigenvalue weighted by Crippen LogP contribution is -1.91. The molecule has 0 saturated heterocycles. The van der Waals surface area contributed by atoms with Gasteiger partial charge in [0.15, 0.2) is 0 Å². The smallest absolute Gasteiger partial charge is 0.0152 e. The van der Waals surface area contributed by atoms with E-state index >= 15 is 0 Å². The van der Waals surface area contributed by atoms with Crippen molar-refractivity contribution in [2.24, 2.45) is 0 Å². The van der Waals surface area contributed by atoms with Crippen LogP contribution < -0.4 is 0 Å². The van der Waals surface area contributed by atoms with Gasteiger partial charge < -0.3 is 0 Å². The lowest BCUT2D eigenvalue weighted by atomic mass is 9.92. The Morgan fingerprint density at radius 1 is 0.524 bits per heavy atom. The SMILES string of the molecule is Cc1ccc(-c2cccc(-c3ccccc3)c2)c(C)c1C. The highest BCUT2D eigenvalue weighted by molar-refractivity contribution is 5.75. The zero-order valence-electron chi connectivity index (χ0n) is 12.9. The van der Waals surface area contributed by atoms with Crippen LogP contribution in [-0.2, 0) is 0 Å². The third-order valence-corrected chi connectivity index (χ3v) is 4.34. The van der Waals surface area contributed by atoms with E-state index in [2.05, 4.69) is 87.5 Å². The molecule has 0 heteroatoms. The van der Waals surface area contributed by atoms with Crippen molar-refractivity contribution in [3.05, 3.63) is 83.4 Å². The van der Waals surface area contributed by atoms with Gasteiger partial charge in [-0.15, -0.1) is 0 Å². The van der Waals surface area contributed by atoms with Crippen LogP contribution in [0, 0.1) is 20.8 Å². The molecular formula is C21H20. The molecule has 104 valence electrons. The first-order valence-corrected chi connectivity index (χ1v) is 7.39. The second-order valence-electron chi connectivity index (χ2n) is 5.63. The zero-order valence-corrected chi connectivity index (χ0v) is 12.9. The van der Waals surface area contributed by atoms with Gasteiger partial charge in [-0.05, 0) is 65.8 Å². The van der Waals surface area contributed by atoms with Crippen molar-refractivity contribution >= 4 is 0 Å². The first kappa shape index (κ1) is 13.6. The minimum absolute atomic E-state index is 1.26. The van der Waals surface area contributed by atoms with Crippen LogP contribution in [0.1, 0.15) is 16.7 Å². The topological polar surface area (TPSA) is 0 Å². The van der Waals surface area contributed by atoms with E-state index in [-0.39, 0.29) is 0 Å². The molecule has 0 saturated carbocycles. The Morgan fingerprint density at radius 3 is 1.95 bits per heavy atom. The van der Waals surface area contributed by atoms with E-state index in [1.807, 2.05) is 0 Å². The molecule has 0 bridgehead atoms. The van der Waals surface area contributed by atoms with Gasteiger partial charge in [0, 0.05) is 0 Å². The first-order chi connectivity index (χ1) is 10.2. The van der Waals surface area contributed by atoms with Crippen molar-refractivity contribution in [1.29, 1.82) is 0 Å². The molecule has 0 unspecified atom stereocenters. The molecule has 0 amide bonds. The fourth-order valence-corrected chi connectivity index (χ4v) is 2.77. The van der Waals surface area contributed by atoms with E-state index in [1.165, 1.54) is 38.9 Å². The number of rotatable bonds is 2. The third-order valence-electron chi connectivity index (χ3n) is 4.34. The minimum atomic E-state index is 1.26. The van der Waals surface area contributed by atoms with Crippen molar-refractivity contribution in [2.75, 3.05) is 0 Å². The van der Waals surface area contributed by atoms with Crippen molar-refractivity contribution in [1.82, 2.24) is 0 Å². The molecule has 0 aliphatic rings. The predicted molar refractivity (Wildman–Crippen MR) is 91.5 cm³/mol. The summed E-state index contributed by atoms with van der Waals surface area (Å²) >= 11 is 0. The van der Waals surface area contributed by atoms with Crippen molar-refractivity contribution in [3.8, 4) is 22.3 Å². The second kappa shape index (κ2) is 5.57. The average molecular weight is 272 g/mol. The fraction of sp³-hybridized carbons (Fsp3) is 0.143. The molecular weight excluding hydrogens is 252 g/mol. The maximum absolute atomic E-state index is 2.28. The van der Waals surface area contributed by atoms with Crippen LogP contribution in [0.5, 0.6) is 0 Å². The molecule has 0 aliphatic heterocycles. The Labute approximate surface area is 127 Å². The van der Waals surface area contributed by atoms with Crippen LogP contribution >= 0.6 is 0 Å². The molecule has 21 heavy (non-hydrogen) atoms. The van der Waals surface area contributed by atoms with Crippen molar-refractivity contribution < 1.29 is 0 Å². The van der Waals surface area contributed by atoms with Crippen molar-refractivity contribution in [2.45, 2.75) is 20.8 Å². The standard InChI is InChI=1S/C21H20/c1-15-12-13-21(17(3)16(15)2)20-11-7-10-19(14-20)18-8-5-4-6-9-18/h4-14H,1-3H3. The van der Waals surface area contributed by atoms with Gasteiger partial charge in [-0.2, -0.15) is 0 Å². The van der Waals surface area contributed by atoms with Gasteiger partial charge in [-0.3, -0.25) is 0 Å². The molecule has 0 aliphatic carbocycles. The highest BCUT2D eigenvalue weighted by Gasteiger charge is 2.07. The van der Waals surface area contributed by atoms with Crippen LogP contribution in [0.15, 0.2) is 66.7 Å². The predicted octanol–water partition coefficient (Wildman–Crippen LogP) is 5.95. The third kappa shape index (κ3) is 2.62. The van der Waals surface area contributed by atoms with Crippen LogP contribution in [-0.4, -0.2) is 0 Å². The highest BCUT2D eigenvalue weighted by Crippen LogP contribution is 2.30. The normalized spacial score (nSPS) is 10.6. The molecule has 0 heterocycles. The summed E-state index contributed by atoms with van der Waals surface area (Å²) in [4.78, 5) is 0. The number of benzene rings is 3. The van der Waals surface area contributed by atoms with E-state index in [4.69, 9.17) is 0 Å². The van der Waals surface area contributed by atoms with E-state index in [0.29, 0.717) is 0 Å². The van der Waals surface area contributed by atoms with Gasteiger partial charge in [0.25, 0.3) is 0 Å². The zero-order chi connectivity index (χ0) is 14.8. The number of hydrogen-bond donors (Lipinski definition) is 0. The van der Waals surface area contributed by atoms with Gasteiger partial charge >= 0.3 is 0 Å². The molecule has 0 spiro atoms.